The summed E-state index contributed by atoms with van der Waals surface area (Å²) in [6.45, 7) is 13.7. The number of hydrogen-bond donors (Lipinski definition) is 1. The predicted octanol–water partition coefficient (Wildman–Crippen LogP) is 5.37. The van der Waals surface area contributed by atoms with E-state index in [1.165, 1.54) is 0 Å². The molecule has 0 unspecified atom stereocenters. The highest BCUT2D eigenvalue weighted by molar-refractivity contribution is 6.32. The van der Waals surface area contributed by atoms with Gasteiger partial charge in [0.1, 0.15) is 11.8 Å². The van der Waals surface area contributed by atoms with Crippen molar-refractivity contribution in [1.29, 1.82) is 0 Å². The van der Waals surface area contributed by atoms with Crippen LogP contribution in [-0.2, 0) is 16.1 Å². The Kier molecular flexibility index (Phi) is 8.73. The third kappa shape index (κ3) is 6.99. The highest BCUT2D eigenvalue weighted by Gasteiger charge is 2.31. The van der Waals surface area contributed by atoms with Gasteiger partial charge in [-0.05, 0) is 82.3 Å². The molecule has 0 aliphatic carbocycles. The van der Waals surface area contributed by atoms with Gasteiger partial charge in [0.25, 0.3) is 5.91 Å². The molecule has 2 aromatic rings. The highest BCUT2D eigenvalue weighted by atomic mass is 35.5. The molecule has 0 fully saturated rings. The Labute approximate surface area is 197 Å². The summed E-state index contributed by atoms with van der Waals surface area (Å²) in [5.74, 6) is 0.176. The third-order valence-electron chi connectivity index (χ3n) is 5.26. The largest absolute Gasteiger partial charge is 0.484 e. The first-order valence-electron chi connectivity index (χ1n) is 11.0. The summed E-state index contributed by atoms with van der Waals surface area (Å²) in [4.78, 5) is 28.0. The van der Waals surface area contributed by atoms with Gasteiger partial charge in [-0.15, -0.1) is 0 Å². The van der Waals surface area contributed by atoms with Crippen molar-refractivity contribution in [3.63, 3.8) is 0 Å². The predicted molar refractivity (Wildman–Crippen MR) is 130 cm³/mol. The lowest BCUT2D eigenvalue weighted by molar-refractivity contribution is -0.143. The minimum Gasteiger partial charge on any atom is -0.484 e. The van der Waals surface area contributed by atoms with Crippen molar-refractivity contribution >= 4 is 23.4 Å². The Morgan fingerprint density at radius 3 is 2.19 bits per heavy atom. The first-order chi connectivity index (χ1) is 14.9. The monoisotopic (exact) mass is 458 g/mol. The summed E-state index contributed by atoms with van der Waals surface area (Å²) in [6, 6.07) is 10.9. The number of aryl methyl sites for hydroxylation is 3. The number of halogens is 1. The quantitative estimate of drug-likeness (QED) is 0.578. The van der Waals surface area contributed by atoms with Crippen LogP contribution in [0.25, 0.3) is 0 Å². The molecule has 0 aromatic heterocycles. The van der Waals surface area contributed by atoms with Crippen LogP contribution >= 0.6 is 11.6 Å². The number of nitrogens with one attached hydrogen (secondary N) is 1. The van der Waals surface area contributed by atoms with Crippen molar-refractivity contribution in [2.24, 2.45) is 0 Å². The topological polar surface area (TPSA) is 58.6 Å². The summed E-state index contributed by atoms with van der Waals surface area (Å²) >= 11 is 6.24. The molecule has 0 saturated heterocycles. The van der Waals surface area contributed by atoms with E-state index in [0.29, 0.717) is 23.7 Å². The minimum absolute atomic E-state index is 0.161. The average Bonchev–Trinajstić information content (AvgIpc) is 2.70. The lowest BCUT2D eigenvalue weighted by Crippen LogP contribution is -2.54. The van der Waals surface area contributed by atoms with Crippen molar-refractivity contribution in [3.05, 3.63) is 63.7 Å². The maximum atomic E-state index is 13.3. The van der Waals surface area contributed by atoms with Gasteiger partial charge in [0.15, 0.2) is 6.61 Å². The van der Waals surface area contributed by atoms with Gasteiger partial charge in [0, 0.05) is 17.1 Å². The fourth-order valence-electron chi connectivity index (χ4n) is 3.56. The van der Waals surface area contributed by atoms with Crippen LogP contribution in [0, 0.1) is 20.8 Å². The van der Waals surface area contributed by atoms with E-state index in [1.807, 2.05) is 84.9 Å². The zero-order valence-corrected chi connectivity index (χ0v) is 21.0. The molecule has 0 aliphatic heterocycles. The second-order valence-corrected chi connectivity index (χ2v) is 9.65. The van der Waals surface area contributed by atoms with Crippen LogP contribution in [0.3, 0.4) is 0 Å². The summed E-state index contributed by atoms with van der Waals surface area (Å²) in [6.07, 6.45) is 0.499. The molecule has 2 aromatic carbocycles. The van der Waals surface area contributed by atoms with Gasteiger partial charge in [-0.3, -0.25) is 9.59 Å². The van der Waals surface area contributed by atoms with E-state index in [1.54, 1.807) is 4.90 Å². The Morgan fingerprint density at radius 2 is 1.66 bits per heavy atom. The van der Waals surface area contributed by atoms with Crippen LogP contribution in [0.4, 0.5) is 0 Å². The lowest BCUT2D eigenvalue weighted by Gasteiger charge is -2.33. The number of ether oxygens (including phenoxy) is 1. The van der Waals surface area contributed by atoms with E-state index >= 15 is 0 Å². The Balaban J connectivity index is 2.28. The van der Waals surface area contributed by atoms with E-state index in [9.17, 15) is 9.59 Å². The normalized spacial score (nSPS) is 12.2. The van der Waals surface area contributed by atoms with Crippen LogP contribution in [0.2, 0.25) is 5.02 Å². The van der Waals surface area contributed by atoms with Crippen LogP contribution in [0.15, 0.2) is 36.4 Å². The SMILES string of the molecule is CC[C@H](C(=O)NC(C)(C)C)N(Cc1ccccc1C)C(=O)COc1cc(C)c(Cl)c(C)c1. The summed E-state index contributed by atoms with van der Waals surface area (Å²) < 4.78 is 5.83. The second kappa shape index (κ2) is 10.9. The fraction of sp³-hybridized carbons (Fsp3) is 0.462. The first-order valence-corrected chi connectivity index (χ1v) is 11.4. The molecule has 0 aliphatic rings. The van der Waals surface area contributed by atoms with Gasteiger partial charge in [-0.1, -0.05) is 42.8 Å². The van der Waals surface area contributed by atoms with E-state index in [0.717, 1.165) is 22.3 Å². The molecule has 0 bridgehead atoms. The second-order valence-electron chi connectivity index (χ2n) is 9.27. The number of hydrogen-bond acceptors (Lipinski definition) is 3. The van der Waals surface area contributed by atoms with Gasteiger partial charge in [0.05, 0.1) is 0 Å². The molecular weight excluding hydrogens is 424 g/mol. The first kappa shape index (κ1) is 25.7. The molecule has 1 atom stereocenters. The molecule has 6 heteroatoms. The smallest absolute Gasteiger partial charge is 0.261 e. The van der Waals surface area contributed by atoms with Crippen molar-refractivity contribution in [1.82, 2.24) is 10.2 Å². The Hall–Kier alpha value is -2.53. The summed E-state index contributed by atoms with van der Waals surface area (Å²) in [7, 11) is 0. The number of carbonyl (C=O) groups excluding carboxylic acids is 2. The minimum atomic E-state index is -0.598. The fourth-order valence-corrected chi connectivity index (χ4v) is 3.67. The van der Waals surface area contributed by atoms with E-state index in [4.69, 9.17) is 16.3 Å². The molecule has 1 N–H and O–H groups in total. The average molecular weight is 459 g/mol. The van der Waals surface area contributed by atoms with E-state index in [2.05, 4.69) is 5.32 Å². The third-order valence-corrected chi connectivity index (χ3v) is 5.85. The summed E-state index contributed by atoms with van der Waals surface area (Å²) in [5, 5.41) is 3.70. The molecule has 0 heterocycles. The molecule has 2 rings (SSSR count). The van der Waals surface area contributed by atoms with Gasteiger partial charge < -0.3 is 15.0 Å². The zero-order chi connectivity index (χ0) is 24.1. The van der Waals surface area contributed by atoms with Crippen LogP contribution < -0.4 is 10.1 Å². The van der Waals surface area contributed by atoms with Crippen molar-refractivity contribution in [2.45, 2.75) is 73.0 Å². The standard InChI is InChI=1S/C26H35ClN2O3/c1-8-22(25(31)28-26(5,6)7)29(15-20-12-10-9-11-17(20)2)23(30)16-32-21-13-18(3)24(27)19(4)14-21/h9-14,22H,8,15-16H2,1-7H3,(H,28,31)/t22-/m1/s1. The van der Waals surface area contributed by atoms with Gasteiger partial charge >= 0.3 is 0 Å². The molecule has 32 heavy (non-hydrogen) atoms. The molecule has 0 radical (unpaired) electrons. The van der Waals surface area contributed by atoms with Crippen molar-refractivity contribution < 1.29 is 14.3 Å². The Morgan fingerprint density at radius 1 is 1.06 bits per heavy atom. The van der Waals surface area contributed by atoms with Crippen LogP contribution in [0.1, 0.15) is 56.4 Å². The van der Waals surface area contributed by atoms with Crippen molar-refractivity contribution in [2.75, 3.05) is 6.61 Å². The van der Waals surface area contributed by atoms with Crippen molar-refractivity contribution in [3.8, 4) is 5.75 Å². The number of nitrogens with zero attached hydrogens (tertiary/aromatic N) is 1. The number of benzene rings is 2. The molecular formula is C26H35ClN2O3. The zero-order valence-electron chi connectivity index (χ0n) is 20.2. The van der Waals surface area contributed by atoms with Crippen LogP contribution in [0.5, 0.6) is 5.75 Å². The maximum absolute atomic E-state index is 13.3. The van der Waals surface area contributed by atoms with Gasteiger partial charge in [-0.25, -0.2) is 0 Å². The molecule has 0 saturated carbocycles. The van der Waals surface area contributed by atoms with E-state index in [-0.39, 0.29) is 18.4 Å². The van der Waals surface area contributed by atoms with Crippen LogP contribution in [-0.4, -0.2) is 34.9 Å². The maximum Gasteiger partial charge on any atom is 0.261 e. The van der Waals surface area contributed by atoms with E-state index < -0.39 is 11.6 Å². The number of amides is 2. The molecule has 2 amide bonds. The molecule has 5 nitrogen and oxygen atoms in total. The molecule has 0 spiro atoms. The number of rotatable bonds is 8. The number of carbonyl (C=O) groups is 2. The summed E-state index contributed by atoms with van der Waals surface area (Å²) in [5.41, 5.74) is 3.46. The highest BCUT2D eigenvalue weighted by Crippen LogP contribution is 2.26. The van der Waals surface area contributed by atoms with Gasteiger partial charge in [-0.2, -0.15) is 0 Å². The van der Waals surface area contributed by atoms with Gasteiger partial charge in [0.2, 0.25) is 5.91 Å². The molecule has 174 valence electrons. The lowest BCUT2D eigenvalue weighted by atomic mass is 10.0. The Bertz CT molecular complexity index is 943.